The predicted molar refractivity (Wildman–Crippen MR) is 32.8 cm³/mol. The third kappa shape index (κ3) is 2.01. The zero-order valence-corrected chi connectivity index (χ0v) is 5.52. The van der Waals surface area contributed by atoms with Gasteiger partial charge in [-0.1, -0.05) is 0 Å². The number of epoxide rings is 1. The van der Waals surface area contributed by atoms with Crippen LogP contribution in [0.3, 0.4) is 0 Å². The highest BCUT2D eigenvalue weighted by atomic mass is 16.6. The molecule has 52 valence electrons. The molecule has 0 spiro atoms. The van der Waals surface area contributed by atoms with Crippen LogP contribution in [0, 0.1) is 0 Å². The summed E-state index contributed by atoms with van der Waals surface area (Å²) < 4.78 is 5.04. The first-order valence-corrected chi connectivity index (χ1v) is 3.05. The second-order valence-corrected chi connectivity index (χ2v) is 2.70. The average Bonchev–Trinajstić information content (AvgIpc) is 2.45. The normalized spacial score (nSPS) is 32.1. The van der Waals surface area contributed by atoms with Crippen LogP contribution in [-0.4, -0.2) is 18.1 Å². The van der Waals surface area contributed by atoms with Gasteiger partial charge in [0, 0.05) is 6.42 Å². The number of amides is 1. The lowest BCUT2D eigenvalue weighted by molar-refractivity contribution is -0.118. The van der Waals surface area contributed by atoms with Crippen molar-refractivity contribution in [2.45, 2.75) is 25.4 Å². The lowest BCUT2D eigenvalue weighted by atomic mass is 10.1. The van der Waals surface area contributed by atoms with Crippen molar-refractivity contribution in [3.8, 4) is 0 Å². The Hall–Kier alpha value is -0.570. The maximum Gasteiger partial charge on any atom is 0.217 e. The van der Waals surface area contributed by atoms with E-state index in [1.54, 1.807) is 0 Å². The van der Waals surface area contributed by atoms with Gasteiger partial charge in [0.1, 0.15) is 0 Å². The Morgan fingerprint density at radius 2 is 2.44 bits per heavy atom. The molecule has 0 unspecified atom stereocenters. The summed E-state index contributed by atoms with van der Waals surface area (Å²) >= 11 is 0. The summed E-state index contributed by atoms with van der Waals surface area (Å²) in [6, 6.07) is 0. The number of hydrogen-bond donors (Lipinski definition) is 1. The fourth-order valence-corrected chi connectivity index (χ4v) is 0.655. The van der Waals surface area contributed by atoms with Crippen LogP contribution in [0.5, 0.6) is 0 Å². The highest BCUT2D eigenvalue weighted by molar-refractivity contribution is 5.73. The zero-order chi connectivity index (χ0) is 6.91. The van der Waals surface area contributed by atoms with E-state index in [1.165, 1.54) is 0 Å². The smallest absolute Gasteiger partial charge is 0.217 e. The molecule has 9 heavy (non-hydrogen) atoms. The highest BCUT2D eigenvalue weighted by Crippen LogP contribution is 2.30. The molecule has 3 heteroatoms. The van der Waals surface area contributed by atoms with E-state index in [0.29, 0.717) is 6.42 Å². The Bertz CT molecular complexity index is 129. The molecule has 0 bridgehead atoms. The summed E-state index contributed by atoms with van der Waals surface area (Å²) in [5.41, 5.74) is 4.91. The van der Waals surface area contributed by atoms with Crippen LogP contribution in [0.4, 0.5) is 0 Å². The van der Waals surface area contributed by atoms with Crippen LogP contribution in [0.15, 0.2) is 0 Å². The average molecular weight is 129 g/mol. The van der Waals surface area contributed by atoms with E-state index in [9.17, 15) is 4.79 Å². The molecule has 1 aliphatic rings. The molecule has 0 aromatic rings. The standard InChI is InChI=1S/C6H11NO2/c1-6(4-9-6)3-2-5(7)8/h2-4H2,1H3,(H2,7,8)/t6-/m1/s1. The Kier molecular flexibility index (Phi) is 1.45. The van der Waals surface area contributed by atoms with Crippen LogP contribution < -0.4 is 5.73 Å². The molecule has 2 N–H and O–H groups in total. The van der Waals surface area contributed by atoms with E-state index in [-0.39, 0.29) is 11.5 Å². The van der Waals surface area contributed by atoms with Crippen molar-refractivity contribution in [1.29, 1.82) is 0 Å². The number of carbonyl (C=O) groups excluding carboxylic acids is 1. The van der Waals surface area contributed by atoms with E-state index < -0.39 is 0 Å². The van der Waals surface area contributed by atoms with Gasteiger partial charge in [0.2, 0.25) is 5.91 Å². The molecule has 1 fully saturated rings. The molecule has 0 saturated carbocycles. The van der Waals surface area contributed by atoms with Gasteiger partial charge in [-0.25, -0.2) is 0 Å². The van der Waals surface area contributed by atoms with E-state index in [0.717, 1.165) is 13.0 Å². The zero-order valence-electron chi connectivity index (χ0n) is 5.52. The van der Waals surface area contributed by atoms with Crippen LogP contribution in [0.2, 0.25) is 0 Å². The number of carbonyl (C=O) groups is 1. The maximum atomic E-state index is 10.2. The summed E-state index contributed by atoms with van der Waals surface area (Å²) in [4.78, 5) is 10.2. The molecular formula is C6H11NO2. The number of primary amides is 1. The fourth-order valence-electron chi connectivity index (χ4n) is 0.655. The van der Waals surface area contributed by atoms with E-state index in [2.05, 4.69) is 0 Å². The Labute approximate surface area is 54.2 Å². The van der Waals surface area contributed by atoms with Gasteiger partial charge < -0.3 is 10.5 Å². The Balaban J connectivity index is 2.12. The molecule has 1 amide bonds. The largest absolute Gasteiger partial charge is 0.370 e. The van der Waals surface area contributed by atoms with Crippen LogP contribution in [0.25, 0.3) is 0 Å². The van der Waals surface area contributed by atoms with Crippen molar-refractivity contribution in [2.75, 3.05) is 6.61 Å². The molecule has 1 atom stereocenters. The predicted octanol–water partition coefficient (Wildman–Crippen LogP) is 0.0408. The quantitative estimate of drug-likeness (QED) is 0.547. The number of rotatable bonds is 3. The lowest BCUT2D eigenvalue weighted by Crippen LogP contribution is -2.14. The molecule has 1 saturated heterocycles. The van der Waals surface area contributed by atoms with Gasteiger partial charge in [0.25, 0.3) is 0 Å². The van der Waals surface area contributed by atoms with Crippen molar-refractivity contribution < 1.29 is 9.53 Å². The molecule has 1 rings (SSSR count). The molecule has 0 aliphatic carbocycles. The van der Waals surface area contributed by atoms with Gasteiger partial charge in [-0.15, -0.1) is 0 Å². The topological polar surface area (TPSA) is 55.6 Å². The van der Waals surface area contributed by atoms with Gasteiger partial charge in [-0.05, 0) is 13.3 Å². The Morgan fingerprint density at radius 3 is 2.78 bits per heavy atom. The van der Waals surface area contributed by atoms with Crippen molar-refractivity contribution in [3.63, 3.8) is 0 Å². The van der Waals surface area contributed by atoms with Crippen molar-refractivity contribution in [2.24, 2.45) is 5.73 Å². The van der Waals surface area contributed by atoms with E-state index in [4.69, 9.17) is 10.5 Å². The van der Waals surface area contributed by atoms with Crippen molar-refractivity contribution >= 4 is 5.91 Å². The number of nitrogens with two attached hydrogens (primary N) is 1. The molecule has 0 aromatic carbocycles. The first-order valence-electron chi connectivity index (χ1n) is 3.05. The minimum Gasteiger partial charge on any atom is -0.370 e. The minimum absolute atomic E-state index is 0.0188. The number of ether oxygens (including phenoxy) is 1. The summed E-state index contributed by atoms with van der Waals surface area (Å²) in [5.74, 6) is -0.244. The second-order valence-electron chi connectivity index (χ2n) is 2.70. The molecular weight excluding hydrogens is 118 g/mol. The third-order valence-corrected chi connectivity index (χ3v) is 1.54. The molecule has 0 radical (unpaired) electrons. The molecule has 1 heterocycles. The molecule has 0 aromatic heterocycles. The minimum atomic E-state index is -0.244. The van der Waals surface area contributed by atoms with Gasteiger partial charge in [0.05, 0.1) is 12.2 Å². The van der Waals surface area contributed by atoms with Crippen LogP contribution >= 0.6 is 0 Å². The summed E-state index contributed by atoms with van der Waals surface area (Å²) in [5, 5.41) is 0. The van der Waals surface area contributed by atoms with Crippen molar-refractivity contribution in [1.82, 2.24) is 0 Å². The lowest BCUT2D eigenvalue weighted by Gasteiger charge is -1.99. The first kappa shape index (κ1) is 6.55. The maximum absolute atomic E-state index is 10.2. The van der Waals surface area contributed by atoms with Gasteiger partial charge in [0.15, 0.2) is 0 Å². The third-order valence-electron chi connectivity index (χ3n) is 1.54. The van der Waals surface area contributed by atoms with E-state index >= 15 is 0 Å². The second kappa shape index (κ2) is 1.99. The summed E-state index contributed by atoms with van der Waals surface area (Å²) in [7, 11) is 0. The van der Waals surface area contributed by atoms with E-state index in [1.807, 2.05) is 6.92 Å². The van der Waals surface area contributed by atoms with Gasteiger partial charge in [-0.3, -0.25) is 4.79 Å². The van der Waals surface area contributed by atoms with Gasteiger partial charge in [-0.2, -0.15) is 0 Å². The first-order chi connectivity index (χ1) is 4.12. The monoisotopic (exact) mass is 129 g/mol. The van der Waals surface area contributed by atoms with Crippen LogP contribution in [-0.2, 0) is 9.53 Å². The molecule has 1 aliphatic heterocycles. The summed E-state index contributed by atoms with van der Waals surface area (Å²) in [6.45, 7) is 2.76. The van der Waals surface area contributed by atoms with Crippen LogP contribution in [0.1, 0.15) is 19.8 Å². The molecule has 3 nitrogen and oxygen atoms in total. The van der Waals surface area contributed by atoms with Gasteiger partial charge >= 0.3 is 0 Å². The number of hydrogen-bond acceptors (Lipinski definition) is 2. The summed E-state index contributed by atoms with van der Waals surface area (Å²) in [6.07, 6.45) is 1.21. The fraction of sp³-hybridized carbons (Fsp3) is 0.833. The SMILES string of the molecule is C[C@@]1(CCC(N)=O)CO1. The Morgan fingerprint density at radius 1 is 1.89 bits per heavy atom. The highest BCUT2D eigenvalue weighted by Gasteiger charge is 2.38. The van der Waals surface area contributed by atoms with Crippen molar-refractivity contribution in [3.05, 3.63) is 0 Å².